The number of hydrogen-bond acceptors (Lipinski definition) is 3. The molecular formula is C8H11F2NS2. The van der Waals surface area contributed by atoms with Gasteiger partial charge in [-0.1, -0.05) is 23.5 Å². The third-order valence-corrected chi connectivity index (χ3v) is 3.92. The zero-order valence-electron chi connectivity index (χ0n) is 7.30. The first-order valence-corrected chi connectivity index (χ1v) is 6.00. The van der Waals surface area contributed by atoms with Crippen LogP contribution in [0.5, 0.6) is 0 Å². The maximum absolute atomic E-state index is 11.6. The number of rotatable bonds is 3. The van der Waals surface area contributed by atoms with Crippen LogP contribution in [0.1, 0.15) is 13.3 Å². The maximum Gasteiger partial charge on any atom is 0.266 e. The Morgan fingerprint density at radius 2 is 2.54 bits per heavy atom. The van der Waals surface area contributed by atoms with Gasteiger partial charge in [0.15, 0.2) is 0 Å². The van der Waals surface area contributed by atoms with Crippen molar-refractivity contribution in [3.8, 4) is 0 Å². The lowest BCUT2D eigenvalue weighted by atomic mass is 10.4. The molecule has 0 aliphatic carbocycles. The second kappa shape index (κ2) is 5.65. The van der Waals surface area contributed by atoms with Gasteiger partial charge in [0.1, 0.15) is 4.38 Å². The lowest BCUT2D eigenvalue weighted by molar-refractivity contribution is 0.418. The summed E-state index contributed by atoms with van der Waals surface area (Å²) >= 11 is 3.28. The summed E-state index contributed by atoms with van der Waals surface area (Å²) in [4.78, 5) is 4.34. The second-order valence-electron chi connectivity index (χ2n) is 2.69. The van der Waals surface area contributed by atoms with Crippen LogP contribution in [0.15, 0.2) is 17.1 Å². The lowest BCUT2D eigenvalue weighted by Crippen LogP contribution is -1.92. The highest BCUT2D eigenvalue weighted by molar-refractivity contribution is 8.39. The molecule has 1 nitrogen and oxygen atoms in total. The summed E-state index contributed by atoms with van der Waals surface area (Å²) in [6.45, 7) is 2.06. The summed E-state index contributed by atoms with van der Waals surface area (Å²) in [5, 5.41) is 0. The molecule has 0 N–H and O–H groups in total. The number of thioether (sulfide) groups is 2. The fourth-order valence-corrected chi connectivity index (χ4v) is 3.00. The van der Waals surface area contributed by atoms with E-state index < -0.39 is 6.08 Å². The summed E-state index contributed by atoms with van der Waals surface area (Å²) in [5.74, 6) is 1.71. The second-order valence-corrected chi connectivity index (χ2v) is 5.04. The minimum Gasteiger partial charge on any atom is -0.268 e. The van der Waals surface area contributed by atoms with Gasteiger partial charge < -0.3 is 0 Å². The SMILES string of the molecule is CC1CSC(SCCC=C(F)F)=N1. The molecule has 1 aliphatic rings. The van der Waals surface area contributed by atoms with Crippen LogP contribution in [0.2, 0.25) is 0 Å². The van der Waals surface area contributed by atoms with Crippen molar-refractivity contribution in [3.63, 3.8) is 0 Å². The molecule has 1 unspecified atom stereocenters. The first-order valence-electron chi connectivity index (χ1n) is 4.03. The lowest BCUT2D eigenvalue weighted by Gasteiger charge is -1.95. The Labute approximate surface area is 85.1 Å². The van der Waals surface area contributed by atoms with E-state index in [1.807, 2.05) is 0 Å². The van der Waals surface area contributed by atoms with E-state index in [-0.39, 0.29) is 0 Å². The zero-order valence-corrected chi connectivity index (χ0v) is 8.93. The van der Waals surface area contributed by atoms with E-state index in [0.29, 0.717) is 18.2 Å². The van der Waals surface area contributed by atoms with Crippen LogP contribution in [0, 0.1) is 0 Å². The summed E-state index contributed by atoms with van der Waals surface area (Å²) < 4.78 is 24.3. The van der Waals surface area contributed by atoms with Crippen molar-refractivity contribution in [3.05, 3.63) is 12.2 Å². The minimum atomic E-state index is -1.59. The summed E-state index contributed by atoms with van der Waals surface area (Å²) in [6, 6.07) is 0.390. The fourth-order valence-electron chi connectivity index (χ4n) is 0.840. The van der Waals surface area contributed by atoms with Crippen molar-refractivity contribution < 1.29 is 8.78 Å². The van der Waals surface area contributed by atoms with E-state index in [4.69, 9.17) is 0 Å². The van der Waals surface area contributed by atoms with Crippen molar-refractivity contribution >= 4 is 27.9 Å². The molecule has 1 heterocycles. The van der Waals surface area contributed by atoms with E-state index in [2.05, 4.69) is 11.9 Å². The van der Waals surface area contributed by atoms with Gasteiger partial charge in [0.2, 0.25) is 0 Å². The van der Waals surface area contributed by atoms with Crippen LogP contribution in [-0.4, -0.2) is 21.9 Å². The molecule has 0 aromatic rings. The van der Waals surface area contributed by atoms with E-state index in [9.17, 15) is 8.78 Å². The van der Waals surface area contributed by atoms with Gasteiger partial charge >= 0.3 is 0 Å². The van der Waals surface area contributed by atoms with Gasteiger partial charge in [0.25, 0.3) is 6.08 Å². The predicted octanol–water partition coefficient (Wildman–Crippen LogP) is 3.38. The van der Waals surface area contributed by atoms with Crippen LogP contribution >= 0.6 is 23.5 Å². The highest BCUT2D eigenvalue weighted by Crippen LogP contribution is 2.26. The van der Waals surface area contributed by atoms with Crippen molar-refractivity contribution in [2.24, 2.45) is 4.99 Å². The van der Waals surface area contributed by atoms with E-state index in [1.54, 1.807) is 23.5 Å². The molecule has 1 aliphatic heterocycles. The Hall–Kier alpha value is -0.0300. The predicted molar refractivity (Wildman–Crippen MR) is 56.7 cm³/mol. The van der Waals surface area contributed by atoms with Crippen LogP contribution in [0.3, 0.4) is 0 Å². The molecule has 0 saturated heterocycles. The molecule has 1 rings (SSSR count). The molecule has 0 radical (unpaired) electrons. The smallest absolute Gasteiger partial charge is 0.266 e. The molecule has 74 valence electrons. The van der Waals surface area contributed by atoms with Gasteiger partial charge in [0, 0.05) is 11.5 Å². The van der Waals surface area contributed by atoms with Crippen LogP contribution in [0.4, 0.5) is 8.78 Å². The van der Waals surface area contributed by atoms with Gasteiger partial charge in [-0.25, -0.2) is 0 Å². The molecule has 0 bridgehead atoms. The zero-order chi connectivity index (χ0) is 9.68. The Kier molecular flexibility index (Phi) is 4.80. The first-order chi connectivity index (χ1) is 6.18. The van der Waals surface area contributed by atoms with Crippen molar-refractivity contribution in [1.82, 2.24) is 0 Å². The normalized spacial score (nSPS) is 21.5. The highest BCUT2D eigenvalue weighted by Gasteiger charge is 2.13. The number of aliphatic imine (C=N–C) groups is 1. The number of nitrogens with zero attached hydrogens (tertiary/aromatic N) is 1. The van der Waals surface area contributed by atoms with Crippen LogP contribution in [0.25, 0.3) is 0 Å². The number of allylic oxidation sites excluding steroid dienone is 1. The average Bonchev–Trinajstić information content (AvgIpc) is 2.45. The monoisotopic (exact) mass is 223 g/mol. The minimum absolute atomic E-state index is 0.390. The molecular weight excluding hydrogens is 212 g/mol. The first kappa shape index (κ1) is 11.0. The summed E-state index contributed by atoms with van der Waals surface area (Å²) in [7, 11) is 0. The highest BCUT2D eigenvalue weighted by atomic mass is 32.2. The average molecular weight is 223 g/mol. The molecule has 0 aromatic heterocycles. The molecule has 0 aromatic carbocycles. The van der Waals surface area contributed by atoms with Crippen molar-refractivity contribution in [2.75, 3.05) is 11.5 Å². The Bertz CT molecular complexity index is 224. The molecule has 5 heteroatoms. The summed E-state index contributed by atoms with van der Waals surface area (Å²) in [5.41, 5.74) is 0. The van der Waals surface area contributed by atoms with Crippen molar-refractivity contribution in [1.29, 1.82) is 0 Å². The van der Waals surface area contributed by atoms with Gasteiger partial charge in [-0.15, -0.1) is 0 Å². The van der Waals surface area contributed by atoms with Gasteiger partial charge in [-0.2, -0.15) is 8.78 Å². The summed E-state index contributed by atoms with van der Waals surface area (Å²) in [6.07, 6.45) is -0.215. The fraction of sp³-hybridized carbons (Fsp3) is 0.625. The van der Waals surface area contributed by atoms with E-state index in [1.165, 1.54) is 0 Å². The van der Waals surface area contributed by atoms with Gasteiger partial charge in [0.05, 0.1) is 6.04 Å². The number of hydrogen-bond donors (Lipinski definition) is 0. The quantitative estimate of drug-likeness (QED) is 0.680. The Balaban J connectivity index is 2.13. The number of halogens is 2. The van der Waals surface area contributed by atoms with E-state index >= 15 is 0 Å². The third-order valence-electron chi connectivity index (χ3n) is 1.42. The van der Waals surface area contributed by atoms with Crippen molar-refractivity contribution in [2.45, 2.75) is 19.4 Å². The van der Waals surface area contributed by atoms with E-state index in [0.717, 1.165) is 16.2 Å². The Morgan fingerprint density at radius 3 is 3.08 bits per heavy atom. The topological polar surface area (TPSA) is 12.4 Å². The molecule has 0 saturated carbocycles. The molecule has 1 atom stereocenters. The maximum atomic E-state index is 11.6. The molecule has 13 heavy (non-hydrogen) atoms. The van der Waals surface area contributed by atoms with Gasteiger partial charge in [-0.05, 0) is 19.4 Å². The molecule has 0 amide bonds. The Morgan fingerprint density at radius 1 is 1.77 bits per heavy atom. The standard InChI is InChI=1S/C8H11F2NS2/c1-6-5-13-8(11-6)12-4-2-3-7(9)10/h3,6H,2,4-5H2,1H3. The molecule has 0 fully saturated rings. The van der Waals surface area contributed by atoms with Gasteiger partial charge in [-0.3, -0.25) is 4.99 Å². The molecule has 0 spiro atoms. The van der Waals surface area contributed by atoms with Crippen LogP contribution < -0.4 is 0 Å². The third kappa shape index (κ3) is 4.67. The van der Waals surface area contributed by atoms with Crippen LogP contribution in [-0.2, 0) is 0 Å². The largest absolute Gasteiger partial charge is 0.268 e.